The molecule has 1 aliphatic heterocycles. The Morgan fingerprint density at radius 3 is 2.45 bits per heavy atom. The van der Waals surface area contributed by atoms with Crippen molar-refractivity contribution in [1.82, 2.24) is 10.2 Å². The number of ether oxygens (including phenoxy) is 1. The predicted molar refractivity (Wildman–Crippen MR) is 127 cm³/mol. The Balaban J connectivity index is 1.45. The molecule has 1 heterocycles. The van der Waals surface area contributed by atoms with Crippen molar-refractivity contribution in [2.75, 3.05) is 26.2 Å². The maximum absolute atomic E-state index is 13.0. The number of piperidine rings is 1. The van der Waals surface area contributed by atoms with Crippen LogP contribution in [0.5, 0.6) is 5.75 Å². The fraction of sp³-hybridized carbons (Fsp3) is 0.458. The lowest BCUT2D eigenvalue weighted by atomic mass is 9.80. The SMILES string of the molecule is CC(C)C(N)(C(=O)NCCN1CCC(Oc2ccc(Cl)c(Cl)c2)CC1)c1ccccc1. The molecule has 31 heavy (non-hydrogen) atoms. The van der Waals surface area contributed by atoms with E-state index in [1.165, 1.54) is 0 Å². The van der Waals surface area contributed by atoms with E-state index in [1.54, 1.807) is 12.1 Å². The second kappa shape index (κ2) is 10.7. The third-order valence-electron chi connectivity index (χ3n) is 5.98. The zero-order valence-electron chi connectivity index (χ0n) is 18.1. The Labute approximate surface area is 194 Å². The van der Waals surface area contributed by atoms with E-state index in [0.29, 0.717) is 16.6 Å². The second-order valence-electron chi connectivity index (χ2n) is 8.38. The number of amides is 1. The summed E-state index contributed by atoms with van der Waals surface area (Å²) in [6.07, 6.45) is 1.99. The van der Waals surface area contributed by atoms with E-state index in [2.05, 4.69) is 10.2 Å². The van der Waals surface area contributed by atoms with Gasteiger partial charge in [0.05, 0.1) is 10.0 Å². The molecule has 0 aliphatic carbocycles. The summed E-state index contributed by atoms with van der Waals surface area (Å²) in [5.41, 5.74) is 6.37. The highest BCUT2D eigenvalue weighted by Gasteiger charge is 2.39. The van der Waals surface area contributed by atoms with Crippen LogP contribution in [-0.4, -0.2) is 43.1 Å². The molecule has 2 aromatic rings. The normalized spacial score (nSPS) is 17.4. The molecule has 1 unspecified atom stereocenters. The lowest BCUT2D eigenvalue weighted by Gasteiger charge is -2.34. The Morgan fingerprint density at radius 1 is 1.16 bits per heavy atom. The standard InChI is InChI=1S/C24H31Cl2N3O2/c1-17(2)24(27,18-6-4-3-5-7-18)23(30)28-12-15-29-13-10-19(11-14-29)31-20-8-9-21(25)22(26)16-20/h3-9,16-17,19H,10-15,27H2,1-2H3,(H,28,30). The van der Waals surface area contributed by atoms with Crippen LogP contribution in [0.4, 0.5) is 0 Å². The van der Waals surface area contributed by atoms with Crippen LogP contribution in [0.2, 0.25) is 10.0 Å². The topological polar surface area (TPSA) is 67.6 Å². The number of carbonyl (C=O) groups excluding carboxylic acids is 1. The first-order valence-corrected chi connectivity index (χ1v) is 11.5. The van der Waals surface area contributed by atoms with Gasteiger partial charge >= 0.3 is 0 Å². The second-order valence-corrected chi connectivity index (χ2v) is 9.19. The van der Waals surface area contributed by atoms with Crippen molar-refractivity contribution in [2.45, 2.75) is 38.3 Å². The van der Waals surface area contributed by atoms with Gasteiger partial charge < -0.3 is 20.7 Å². The van der Waals surface area contributed by atoms with Crippen molar-refractivity contribution in [2.24, 2.45) is 11.7 Å². The molecule has 0 spiro atoms. The number of nitrogens with two attached hydrogens (primary N) is 1. The number of benzene rings is 2. The number of nitrogens with zero attached hydrogens (tertiary/aromatic N) is 1. The number of hydrogen-bond donors (Lipinski definition) is 2. The minimum atomic E-state index is -1.04. The number of hydrogen-bond acceptors (Lipinski definition) is 4. The smallest absolute Gasteiger partial charge is 0.245 e. The first-order chi connectivity index (χ1) is 14.8. The molecule has 3 N–H and O–H groups in total. The van der Waals surface area contributed by atoms with Crippen molar-refractivity contribution in [3.63, 3.8) is 0 Å². The van der Waals surface area contributed by atoms with Gasteiger partial charge in [0.25, 0.3) is 0 Å². The highest BCUT2D eigenvalue weighted by molar-refractivity contribution is 6.42. The first-order valence-electron chi connectivity index (χ1n) is 10.8. The van der Waals surface area contributed by atoms with Crippen LogP contribution in [0, 0.1) is 5.92 Å². The third kappa shape index (κ3) is 5.92. The van der Waals surface area contributed by atoms with Crippen LogP contribution in [0.25, 0.3) is 0 Å². The predicted octanol–water partition coefficient (Wildman–Crippen LogP) is 4.46. The van der Waals surface area contributed by atoms with E-state index < -0.39 is 5.54 Å². The van der Waals surface area contributed by atoms with Gasteiger partial charge in [-0.2, -0.15) is 0 Å². The van der Waals surface area contributed by atoms with Gasteiger partial charge in [-0.25, -0.2) is 0 Å². The molecule has 0 radical (unpaired) electrons. The molecule has 3 rings (SSSR count). The van der Waals surface area contributed by atoms with Gasteiger partial charge in [-0.3, -0.25) is 4.79 Å². The summed E-state index contributed by atoms with van der Waals surface area (Å²) in [6, 6.07) is 14.9. The van der Waals surface area contributed by atoms with Crippen molar-refractivity contribution in [1.29, 1.82) is 0 Å². The zero-order chi connectivity index (χ0) is 22.4. The Hall–Kier alpha value is -1.79. The maximum atomic E-state index is 13.0. The van der Waals surface area contributed by atoms with E-state index in [1.807, 2.05) is 50.2 Å². The lowest BCUT2D eigenvalue weighted by molar-refractivity contribution is -0.128. The Kier molecular flexibility index (Phi) is 8.23. The van der Waals surface area contributed by atoms with Crippen LogP contribution in [0.1, 0.15) is 32.3 Å². The fourth-order valence-electron chi connectivity index (χ4n) is 3.91. The largest absolute Gasteiger partial charge is 0.490 e. The molecule has 1 aliphatic rings. The van der Waals surface area contributed by atoms with Crippen LogP contribution in [0.3, 0.4) is 0 Å². The monoisotopic (exact) mass is 463 g/mol. The highest BCUT2D eigenvalue weighted by Crippen LogP contribution is 2.29. The Morgan fingerprint density at radius 2 is 1.84 bits per heavy atom. The number of likely N-dealkylation sites (tertiary alicyclic amines) is 1. The van der Waals surface area contributed by atoms with Crippen molar-refractivity contribution in [3.8, 4) is 5.75 Å². The van der Waals surface area contributed by atoms with Gasteiger partial charge in [0.1, 0.15) is 17.4 Å². The quantitative estimate of drug-likeness (QED) is 0.605. The zero-order valence-corrected chi connectivity index (χ0v) is 19.6. The van der Waals surface area contributed by atoms with Crippen molar-refractivity contribution >= 4 is 29.1 Å². The number of nitrogens with one attached hydrogen (secondary N) is 1. The summed E-state index contributed by atoms with van der Waals surface area (Å²) < 4.78 is 6.05. The summed E-state index contributed by atoms with van der Waals surface area (Å²) in [6.45, 7) is 7.14. The molecule has 1 saturated heterocycles. The molecule has 0 bridgehead atoms. The highest BCUT2D eigenvalue weighted by atomic mass is 35.5. The average Bonchev–Trinajstić information content (AvgIpc) is 2.77. The van der Waals surface area contributed by atoms with Crippen molar-refractivity contribution < 1.29 is 9.53 Å². The average molecular weight is 464 g/mol. The lowest BCUT2D eigenvalue weighted by Crippen LogP contribution is -2.56. The molecule has 0 aromatic heterocycles. The van der Waals surface area contributed by atoms with E-state index in [4.69, 9.17) is 33.7 Å². The molecule has 2 aromatic carbocycles. The van der Waals surface area contributed by atoms with E-state index in [0.717, 1.165) is 43.8 Å². The number of rotatable bonds is 8. The fourth-order valence-corrected chi connectivity index (χ4v) is 4.20. The molecule has 1 amide bonds. The van der Waals surface area contributed by atoms with Crippen LogP contribution in [-0.2, 0) is 10.3 Å². The van der Waals surface area contributed by atoms with E-state index in [-0.39, 0.29) is 17.9 Å². The van der Waals surface area contributed by atoms with Crippen LogP contribution in [0.15, 0.2) is 48.5 Å². The molecule has 5 nitrogen and oxygen atoms in total. The molecule has 1 atom stereocenters. The number of halogens is 2. The molecule has 7 heteroatoms. The summed E-state index contributed by atoms with van der Waals surface area (Å²) in [5.74, 6) is 0.588. The van der Waals surface area contributed by atoms with Crippen LogP contribution >= 0.6 is 23.2 Å². The minimum Gasteiger partial charge on any atom is -0.490 e. The summed E-state index contributed by atoms with van der Waals surface area (Å²) in [4.78, 5) is 15.3. The summed E-state index contributed by atoms with van der Waals surface area (Å²) in [7, 11) is 0. The molecule has 168 valence electrons. The van der Waals surface area contributed by atoms with Gasteiger partial charge in [-0.1, -0.05) is 67.4 Å². The molecular weight excluding hydrogens is 433 g/mol. The van der Waals surface area contributed by atoms with Crippen LogP contribution < -0.4 is 15.8 Å². The summed E-state index contributed by atoms with van der Waals surface area (Å²) >= 11 is 12.0. The molecular formula is C24H31Cl2N3O2. The van der Waals surface area contributed by atoms with E-state index >= 15 is 0 Å². The third-order valence-corrected chi connectivity index (χ3v) is 6.72. The minimum absolute atomic E-state index is 0.0239. The van der Waals surface area contributed by atoms with Gasteiger partial charge in [0, 0.05) is 32.2 Å². The molecule has 1 fully saturated rings. The maximum Gasteiger partial charge on any atom is 0.245 e. The first kappa shape index (κ1) is 23.9. The molecule has 0 saturated carbocycles. The van der Waals surface area contributed by atoms with E-state index in [9.17, 15) is 4.79 Å². The van der Waals surface area contributed by atoms with Gasteiger partial charge in [-0.05, 0) is 36.5 Å². The van der Waals surface area contributed by atoms with Gasteiger partial charge in [-0.15, -0.1) is 0 Å². The Bertz CT molecular complexity index is 870. The van der Waals surface area contributed by atoms with Gasteiger partial charge in [0.15, 0.2) is 0 Å². The summed E-state index contributed by atoms with van der Waals surface area (Å²) in [5, 5.41) is 4.07. The van der Waals surface area contributed by atoms with Gasteiger partial charge in [0.2, 0.25) is 5.91 Å². The van der Waals surface area contributed by atoms with Crippen molar-refractivity contribution in [3.05, 3.63) is 64.1 Å². The number of carbonyl (C=O) groups is 1.